The van der Waals surface area contributed by atoms with Crippen LogP contribution >= 0.6 is 0 Å². The minimum Gasteiger partial charge on any atom is -0.269 e. The first kappa shape index (κ1) is 144. The second-order valence-corrected chi connectivity index (χ2v) is 0.0745. The van der Waals surface area contributed by atoms with E-state index in [1.54, 1.807) is 0 Å². The van der Waals surface area contributed by atoms with E-state index in [0.29, 0.717) is 0 Å². The number of halogens is 4. The monoisotopic (exact) mass is 126 g/mol. The molecular weight excluding hydrogens is 122 g/mol. The molecule has 0 atom stereocenters. The molecule has 7 heteroatoms. The zero-order valence-corrected chi connectivity index (χ0v) is 2.90. The van der Waals surface area contributed by atoms with E-state index in [-0.39, 0.29) is 18.8 Å². The van der Waals surface area contributed by atoms with Gasteiger partial charge in [-0.1, -0.05) is 0 Å². The van der Waals surface area contributed by atoms with Crippen molar-refractivity contribution in [1.82, 2.24) is 5.04 Å². The van der Waals surface area contributed by atoms with Crippen LogP contribution in [0.15, 0.2) is 0 Å². The van der Waals surface area contributed by atoms with Gasteiger partial charge < -0.3 is 0 Å². The highest BCUT2D eigenvalue weighted by Gasteiger charge is 1.41. The average Bonchev–Trinajstić information content (AvgIpc) is 0.918. The summed E-state index contributed by atoms with van der Waals surface area (Å²) in [7, 11) is 0. The predicted octanol–water partition coefficient (Wildman–Crippen LogP) is 0.196. The Morgan fingerprint density at radius 2 is 0.714 bits per heavy atom. The molecule has 0 radical (unpaired) electrons. The lowest BCUT2D eigenvalue weighted by Gasteiger charge is -0.623. The van der Waals surface area contributed by atoms with Crippen molar-refractivity contribution in [2.24, 2.45) is 0 Å². The van der Waals surface area contributed by atoms with E-state index in [0.717, 1.165) is 5.04 Å². The van der Waals surface area contributed by atoms with Crippen LogP contribution in [0.4, 0.5) is 18.8 Å². The van der Waals surface area contributed by atoms with Crippen molar-refractivity contribution < 1.29 is 18.8 Å². The average molecular weight is 126 g/mol. The molecule has 0 aromatic carbocycles. The fourth-order valence-corrected chi connectivity index (χ4v) is 0. The summed E-state index contributed by atoms with van der Waals surface area (Å²) in [6.07, 6.45) is 0. The van der Waals surface area contributed by atoms with E-state index >= 15 is 0 Å². The van der Waals surface area contributed by atoms with E-state index < -0.39 is 0 Å². The fourth-order valence-electron chi connectivity index (χ4n) is 0. The summed E-state index contributed by atoms with van der Waals surface area (Å²) in [5, 5.41) is 1.00. The number of nitrogens with zero attached hydrogens (tertiary/aromatic N) is 1. The van der Waals surface area contributed by atoms with Crippen LogP contribution < -0.4 is 5.04 Å². The SMILES string of the molecule is F.F.F.F.O=[N+]=O. The second kappa shape index (κ2) is 90800. The van der Waals surface area contributed by atoms with E-state index in [1.807, 2.05) is 0 Å². The van der Waals surface area contributed by atoms with Gasteiger partial charge in [-0.25, -0.2) is 0 Å². The summed E-state index contributed by atoms with van der Waals surface area (Å²) in [4.78, 5) is 16.0. The molecule has 0 N–H and O–H groups in total. The number of hydrogen-bond donors (Lipinski definition) is 0. The molecule has 0 aromatic rings. The van der Waals surface area contributed by atoms with Crippen molar-refractivity contribution >= 4 is 0 Å². The molecule has 7 heavy (non-hydrogen) atoms. The van der Waals surface area contributed by atoms with Crippen molar-refractivity contribution in [3.05, 3.63) is 9.81 Å². The van der Waals surface area contributed by atoms with Gasteiger partial charge in [0.15, 0.2) is 0 Å². The maximum absolute atomic E-state index is 8.00. The zero-order chi connectivity index (χ0) is 2.71. The highest BCUT2D eigenvalue weighted by Crippen LogP contribution is 0.810. The summed E-state index contributed by atoms with van der Waals surface area (Å²) >= 11 is 0. The Morgan fingerprint density at radius 3 is 0.714 bits per heavy atom. The summed E-state index contributed by atoms with van der Waals surface area (Å²) in [5.74, 6) is 0. The van der Waals surface area contributed by atoms with Gasteiger partial charge in [-0.2, -0.15) is 0 Å². The molecule has 0 saturated heterocycles. The van der Waals surface area contributed by atoms with E-state index in [9.17, 15) is 0 Å². The van der Waals surface area contributed by atoms with Crippen LogP contribution in [0, 0.1) is 9.81 Å². The molecule has 48 valence electrons. The minimum absolute atomic E-state index is 0. The molecule has 0 rings (SSSR count). The smallest absolute Gasteiger partial charge is 0.269 e. The first-order valence-electron chi connectivity index (χ1n) is 0.365. The van der Waals surface area contributed by atoms with Gasteiger partial charge in [-0.3, -0.25) is 18.8 Å². The Hall–Kier alpha value is -0.970. The predicted molar refractivity (Wildman–Crippen MR) is 18.9 cm³/mol. The minimum atomic E-state index is 0. The second-order valence-electron chi connectivity index (χ2n) is 0.0745. The molecule has 0 bridgehead atoms. The molecule has 0 fully saturated rings. The third kappa shape index (κ3) is 49.1. The Balaban J connectivity index is -0.00000000333. The van der Waals surface area contributed by atoms with Crippen LogP contribution in [-0.2, 0) is 0 Å². The molecule has 0 aliphatic heterocycles. The maximum Gasteiger partial charge on any atom is 0.569 e. The van der Waals surface area contributed by atoms with E-state index in [2.05, 4.69) is 0 Å². The molecule has 0 aliphatic rings. The van der Waals surface area contributed by atoms with E-state index in [4.69, 9.17) is 9.81 Å². The van der Waals surface area contributed by atoms with Crippen LogP contribution in [0.3, 0.4) is 0 Å². The summed E-state index contributed by atoms with van der Waals surface area (Å²) in [6, 6.07) is 0. The molecule has 0 heterocycles. The highest BCUT2D eigenvalue weighted by atomic mass is 19.0. The highest BCUT2D eigenvalue weighted by molar-refractivity contribution is 3.93. The first-order chi connectivity index (χ1) is 1.41. The fraction of sp³-hybridized carbons (Fsp3) is 0. The third-order valence-corrected chi connectivity index (χ3v) is 0. The quantitative estimate of drug-likeness (QED) is 0.343. The van der Waals surface area contributed by atoms with Crippen LogP contribution in [0.2, 0.25) is 0 Å². The van der Waals surface area contributed by atoms with Gasteiger partial charge in [0.25, 0.3) is 0 Å². The molecular formula is H4F4NO2+. The van der Waals surface area contributed by atoms with Crippen molar-refractivity contribution in [1.29, 1.82) is 0 Å². The molecule has 0 unspecified atom stereocenters. The molecule has 0 aliphatic carbocycles. The Kier molecular flexibility index (Phi) is 1860000. The van der Waals surface area contributed by atoms with Gasteiger partial charge in [0.05, 0.1) is 0 Å². The van der Waals surface area contributed by atoms with Crippen molar-refractivity contribution in [3.63, 3.8) is 0 Å². The number of hydrogen-bond acceptors (Lipinski definition) is 2. The largest absolute Gasteiger partial charge is 0.569 e. The zero-order valence-electron chi connectivity index (χ0n) is 2.90. The molecule has 0 saturated carbocycles. The van der Waals surface area contributed by atoms with Gasteiger partial charge in [0, 0.05) is 0 Å². The standard InChI is InChI=1S/4FH.NO2/c;;;;2-1-3/h4*1H;/q;;;;+1. The van der Waals surface area contributed by atoms with Gasteiger partial charge in [-0.05, 0) is 0 Å². The maximum atomic E-state index is 8.00. The molecule has 0 amide bonds. The lowest BCUT2D eigenvalue weighted by atomic mass is 13.6. The van der Waals surface area contributed by atoms with Crippen LogP contribution in [0.25, 0.3) is 0 Å². The molecule has 0 spiro atoms. The summed E-state index contributed by atoms with van der Waals surface area (Å²) in [5.41, 5.74) is 0. The normalized spacial score (nSPS) is 1.14. The van der Waals surface area contributed by atoms with E-state index in [1.165, 1.54) is 0 Å². The van der Waals surface area contributed by atoms with Crippen molar-refractivity contribution in [2.45, 2.75) is 0 Å². The summed E-state index contributed by atoms with van der Waals surface area (Å²) in [6.45, 7) is 0. The Morgan fingerprint density at radius 1 is 0.714 bits per heavy atom. The van der Waals surface area contributed by atoms with Crippen molar-refractivity contribution in [2.75, 3.05) is 0 Å². The number of nitroso groups, excluding NO2 is 2. The van der Waals surface area contributed by atoms with Gasteiger partial charge in [0.1, 0.15) is 0 Å². The topological polar surface area (TPSA) is 48.2 Å². The Bertz CT molecular complexity index is 30.7. The lowest BCUT2D eigenvalue weighted by molar-refractivity contribution is 1.11. The number of rotatable bonds is 0. The van der Waals surface area contributed by atoms with Gasteiger partial charge in [0.2, 0.25) is 9.81 Å². The molecule has 0 aromatic heterocycles. The van der Waals surface area contributed by atoms with Gasteiger partial charge >= 0.3 is 5.04 Å². The summed E-state index contributed by atoms with van der Waals surface area (Å²) < 4.78 is 0. The van der Waals surface area contributed by atoms with Crippen LogP contribution in [-0.4, -0.2) is 0 Å². The first-order valence-corrected chi connectivity index (χ1v) is 0.365. The Labute approximate surface area is 35.1 Å². The lowest BCUT2D eigenvalue weighted by Crippen LogP contribution is -1.26. The van der Waals surface area contributed by atoms with Gasteiger partial charge in [-0.15, -0.1) is 0 Å². The van der Waals surface area contributed by atoms with Crippen molar-refractivity contribution in [3.8, 4) is 0 Å². The third-order valence-electron chi connectivity index (χ3n) is 0. The van der Waals surface area contributed by atoms with Crippen LogP contribution in [0.5, 0.6) is 0 Å². The van der Waals surface area contributed by atoms with Crippen LogP contribution in [0.1, 0.15) is 0 Å². The molecule has 3 nitrogen and oxygen atoms in total.